The Kier molecular flexibility index (Phi) is 6.93. The lowest BCUT2D eigenvalue weighted by atomic mass is 10.0. The minimum atomic E-state index is -0.792. The largest absolute Gasteiger partial charge is 0.465 e. The molecule has 0 fully saturated rings. The second-order valence-electron chi connectivity index (χ2n) is 8.43. The highest BCUT2D eigenvalue weighted by molar-refractivity contribution is 5.89. The molecule has 2 aromatic carbocycles. The van der Waals surface area contributed by atoms with Gasteiger partial charge in [-0.3, -0.25) is 4.79 Å². The molecule has 0 aliphatic heterocycles. The number of hydrogen-bond donors (Lipinski definition) is 1. The number of aromatic nitrogens is 3. The summed E-state index contributed by atoms with van der Waals surface area (Å²) in [7, 11) is 1.26. The fourth-order valence-electron chi connectivity index (χ4n) is 4.18. The molecule has 0 aliphatic carbocycles. The zero-order chi connectivity index (χ0) is 25.1. The maximum Gasteiger partial charge on any atom is 0.339 e. The lowest BCUT2D eigenvalue weighted by molar-refractivity contribution is 0.0599. The Balaban J connectivity index is 1.76. The van der Waals surface area contributed by atoms with Gasteiger partial charge in [0.1, 0.15) is 5.82 Å². The molecule has 0 amide bonds. The molecule has 1 N–H and O–H groups in total. The molecule has 0 bridgehead atoms. The van der Waals surface area contributed by atoms with Crippen molar-refractivity contribution in [3.8, 4) is 5.69 Å². The summed E-state index contributed by atoms with van der Waals surface area (Å²) < 4.78 is 21.6. The lowest BCUT2D eigenvalue weighted by Crippen LogP contribution is -2.31. The fourth-order valence-corrected chi connectivity index (χ4v) is 4.18. The zero-order valence-corrected chi connectivity index (χ0v) is 19.7. The Labute approximate surface area is 202 Å². The third-order valence-corrected chi connectivity index (χ3v) is 5.95. The number of halogens is 1. The number of aliphatic hydroxyl groups excluding tert-OH is 1. The van der Waals surface area contributed by atoms with Gasteiger partial charge in [-0.1, -0.05) is 24.3 Å². The number of esters is 1. The molecule has 2 aromatic heterocycles. The number of pyridine rings is 1. The van der Waals surface area contributed by atoms with Gasteiger partial charge in [-0.25, -0.2) is 14.2 Å². The van der Waals surface area contributed by atoms with Gasteiger partial charge >= 0.3 is 5.97 Å². The molecular formula is C27H26FN3O4. The fraction of sp³-hybridized carbons (Fsp3) is 0.222. The number of aryl methyl sites for hydroxylation is 2. The molecule has 0 spiro atoms. The second kappa shape index (κ2) is 10.1. The van der Waals surface area contributed by atoms with Crippen LogP contribution in [0.15, 0.2) is 72.0 Å². The number of rotatable bonds is 7. The van der Waals surface area contributed by atoms with Crippen LogP contribution in [0.1, 0.15) is 44.3 Å². The molecule has 35 heavy (non-hydrogen) atoms. The summed E-state index contributed by atoms with van der Waals surface area (Å²) in [6.07, 6.45) is 5.33. The van der Waals surface area contributed by atoms with Crippen LogP contribution < -0.4 is 5.56 Å². The number of nitrogens with zero attached hydrogens (tertiary/aromatic N) is 3. The van der Waals surface area contributed by atoms with E-state index in [0.717, 1.165) is 22.5 Å². The van der Waals surface area contributed by atoms with Crippen molar-refractivity contribution in [1.82, 2.24) is 14.1 Å². The summed E-state index contributed by atoms with van der Waals surface area (Å²) in [5.41, 5.74) is 4.52. The van der Waals surface area contributed by atoms with Gasteiger partial charge in [0.15, 0.2) is 0 Å². The van der Waals surface area contributed by atoms with Crippen LogP contribution in [0.4, 0.5) is 4.39 Å². The van der Waals surface area contributed by atoms with Gasteiger partial charge in [0.25, 0.3) is 5.56 Å². The molecule has 0 radical (unpaired) electrons. The smallest absolute Gasteiger partial charge is 0.339 e. The number of ether oxygens (including phenoxy) is 1. The summed E-state index contributed by atoms with van der Waals surface area (Å²) >= 11 is 0. The first-order chi connectivity index (χ1) is 16.8. The van der Waals surface area contributed by atoms with Gasteiger partial charge in [0.2, 0.25) is 0 Å². The van der Waals surface area contributed by atoms with Crippen molar-refractivity contribution >= 4 is 5.97 Å². The van der Waals surface area contributed by atoms with Crippen molar-refractivity contribution < 1.29 is 19.0 Å². The van der Waals surface area contributed by atoms with Crippen LogP contribution in [-0.4, -0.2) is 38.9 Å². The molecule has 0 aliphatic rings. The number of carbonyl (C=O) groups is 1. The van der Waals surface area contributed by atoms with Gasteiger partial charge in [0, 0.05) is 30.1 Å². The van der Waals surface area contributed by atoms with E-state index in [1.165, 1.54) is 48.2 Å². The Morgan fingerprint density at radius 1 is 1.11 bits per heavy atom. The third-order valence-electron chi connectivity index (χ3n) is 5.95. The predicted octanol–water partition coefficient (Wildman–Crippen LogP) is 3.75. The molecule has 4 rings (SSSR count). The Morgan fingerprint density at radius 2 is 1.86 bits per heavy atom. The van der Waals surface area contributed by atoms with Gasteiger partial charge in [-0.05, 0) is 54.8 Å². The first-order valence-corrected chi connectivity index (χ1v) is 11.1. The minimum absolute atomic E-state index is 0.185. The van der Waals surface area contributed by atoms with Crippen LogP contribution in [0.25, 0.3) is 5.69 Å². The van der Waals surface area contributed by atoms with Crippen molar-refractivity contribution in [2.24, 2.45) is 0 Å². The van der Waals surface area contributed by atoms with E-state index in [0.29, 0.717) is 11.1 Å². The summed E-state index contributed by atoms with van der Waals surface area (Å²) in [6, 6.07) is 12.1. The Hall–Kier alpha value is -4.04. The van der Waals surface area contributed by atoms with E-state index in [2.05, 4.69) is 4.98 Å². The number of aliphatic hydroxyl groups is 1. The highest BCUT2D eigenvalue weighted by atomic mass is 19.1. The number of carbonyl (C=O) groups excluding carboxylic acids is 1. The highest BCUT2D eigenvalue weighted by Crippen LogP contribution is 2.21. The van der Waals surface area contributed by atoms with E-state index in [1.54, 1.807) is 6.33 Å². The van der Waals surface area contributed by atoms with Gasteiger partial charge in [-0.15, -0.1) is 0 Å². The van der Waals surface area contributed by atoms with Gasteiger partial charge < -0.3 is 19.0 Å². The molecule has 0 saturated carbocycles. The molecule has 7 nitrogen and oxygen atoms in total. The quantitative estimate of drug-likeness (QED) is 0.412. The molecule has 2 heterocycles. The molecule has 180 valence electrons. The maximum atomic E-state index is 13.5. The normalized spacial score (nSPS) is 11.9. The van der Waals surface area contributed by atoms with E-state index in [1.807, 2.05) is 42.8 Å². The molecule has 1 unspecified atom stereocenters. The van der Waals surface area contributed by atoms with Crippen LogP contribution >= 0.6 is 0 Å². The van der Waals surface area contributed by atoms with Gasteiger partial charge in [0.05, 0.1) is 37.3 Å². The van der Waals surface area contributed by atoms with Gasteiger partial charge in [-0.2, -0.15) is 0 Å². The molecule has 4 aromatic rings. The van der Waals surface area contributed by atoms with Crippen LogP contribution in [0.2, 0.25) is 0 Å². The monoisotopic (exact) mass is 475 g/mol. The van der Waals surface area contributed by atoms with Crippen LogP contribution in [-0.2, 0) is 11.2 Å². The van der Waals surface area contributed by atoms with Crippen LogP contribution in [0.3, 0.4) is 0 Å². The van der Waals surface area contributed by atoms with Crippen molar-refractivity contribution in [1.29, 1.82) is 0 Å². The number of benzene rings is 2. The summed E-state index contributed by atoms with van der Waals surface area (Å²) in [4.78, 5) is 30.1. The van der Waals surface area contributed by atoms with E-state index in [-0.39, 0.29) is 17.5 Å². The molecule has 1 atom stereocenters. The van der Waals surface area contributed by atoms with Crippen molar-refractivity contribution in [2.75, 3.05) is 13.7 Å². The standard InChI is InChI=1S/C27H26FN3O4/c1-17-10-19(4-9-24(17)30-13-18(2)29-16-30)11-21-12-22(27(34)35-3)14-31(26(21)33)25(15-32)20-5-7-23(28)8-6-20/h4-10,12-14,16,25,32H,11,15H2,1-3H3. The topological polar surface area (TPSA) is 86.4 Å². The molecule has 8 heteroatoms. The molecule has 0 saturated heterocycles. The lowest BCUT2D eigenvalue weighted by Gasteiger charge is -2.20. The van der Waals surface area contributed by atoms with Crippen molar-refractivity contribution in [2.45, 2.75) is 26.3 Å². The minimum Gasteiger partial charge on any atom is -0.465 e. The summed E-state index contributed by atoms with van der Waals surface area (Å²) in [6.45, 7) is 3.49. The summed E-state index contributed by atoms with van der Waals surface area (Å²) in [5.74, 6) is -1.02. The number of imidazole rings is 1. The van der Waals surface area contributed by atoms with Crippen molar-refractivity contribution in [3.05, 3.63) is 117 Å². The Bertz CT molecular complexity index is 1420. The maximum absolute atomic E-state index is 13.5. The first kappa shape index (κ1) is 24.1. The molecular weight excluding hydrogens is 449 g/mol. The second-order valence-corrected chi connectivity index (χ2v) is 8.43. The van der Waals surface area contributed by atoms with E-state index in [9.17, 15) is 19.1 Å². The average molecular weight is 476 g/mol. The predicted molar refractivity (Wildman–Crippen MR) is 130 cm³/mol. The number of methoxy groups -OCH3 is 1. The van der Waals surface area contributed by atoms with Crippen molar-refractivity contribution in [3.63, 3.8) is 0 Å². The number of hydrogen-bond acceptors (Lipinski definition) is 5. The SMILES string of the molecule is COC(=O)c1cc(Cc2ccc(-n3cnc(C)c3)c(C)c2)c(=O)n(C(CO)c2ccc(F)cc2)c1. The highest BCUT2D eigenvalue weighted by Gasteiger charge is 2.20. The summed E-state index contributed by atoms with van der Waals surface area (Å²) in [5, 5.41) is 10.1. The third kappa shape index (κ3) is 5.07. The van der Waals surface area contributed by atoms with E-state index >= 15 is 0 Å². The van der Waals surface area contributed by atoms with E-state index in [4.69, 9.17) is 4.74 Å². The van der Waals surface area contributed by atoms with E-state index < -0.39 is 24.4 Å². The average Bonchev–Trinajstić information content (AvgIpc) is 3.28. The van der Waals surface area contributed by atoms with Crippen LogP contribution in [0.5, 0.6) is 0 Å². The zero-order valence-electron chi connectivity index (χ0n) is 19.7. The first-order valence-electron chi connectivity index (χ1n) is 11.1. The Morgan fingerprint density at radius 3 is 2.46 bits per heavy atom. The van der Waals surface area contributed by atoms with Crippen LogP contribution in [0, 0.1) is 19.7 Å².